The van der Waals surface area contributed by atoms with Crippen LogP contribution in [0.2, 0.25) is 5.02 Å². The second-order valence-corrected chi connectivity index (χ2v) is 9.59. The molecule has 1 aliphatic heterocycles. The highest BCUT2D eigenvalue weighted by atomic mass is 35.5. The Morgan fingerprint density at radius 1 is 1.20 bits per heavy atom. The van der Waals surface area contributed by atoms with Crippen molar-refractivity contribution in [1.29, 1.82) is 0 Å². The summed E-state index contributed by atoms with van der Waals surface area (Å²) < 4.78 is 16.8. The number of likely N-dealkylation sites (tertiary alicyclic amines) is 1. The largest absolute Gasteiger partial charge is 0.489 e. The van der Waals surface area contributed by atoms with Crippen molar-refractivity contribution in [3.05, 3.63) is 28.8 Å². The SMILES string of the molecule is CCOC(=O)Cc1ccc(O[C@H]2CCC3C[C@@H](C2)N(C(=O)OC(C)(C)C)C3)c(Cl)c1. The molecule has 3 rings (SSSR count). The monoisotopic (exact) mass is 437 g/mol. The molecular weight excluding hydrogens is 406 g/mol. The molecule has 166 valence electrons. The molecule has 30 heavy (non-hydrogen) atoms. The van der Waals surface area contributed by atoms with Gasteiger partial charge in [-0.15, -0.1) is 0 Å². The van der Waals surface area contributed by atoms with Crippen LogP contribution < -0.4 is 4.74 Å². The molecule has 1 heterocycles. The molecule has 1 unspecified atom stereocenters. The van der Waals surface area contributed by atoms with E-state index in [1.807, 2.05) is 37.8 Å². The first kappa shape index (κ1) is 22.7. The predicted octanol–water partition coefficient (Wildman–Crippen LogP) is 5.00. The molecule has 1 amide bonds. The van der Waals surface area contributed by atoms with Gasteiger partial charge < -0.3 is 19.1 Å². The summed E-state index contributed by atoms with van der Waals surface area (Å²) in [5, 5.41) is 0.482. The standard InChI is InChI=1S/C23H32ClNO5/c1-5-28-21(26)12-15-7-9-20(19(24)11-15)29-18-8-6-16-10-17(13-18)25(14-16)22(27)30-23(2,3)4/h7,9,11,16-18H,5-6,8,10,12-14H2,1-4H3/t16?,17-,18-/m0/s1. The van der Waals surface area contributed by atoms with E-state index in [0.29, 0.717) is 23.3 Å². The minimum Gasteiger partial charge on any atom is -0.489 e. The van der Waals surface area contributed by atoms with E-state index < -0.39 is 5.60 Å². The molecule has 1 saturated carbocycles. The second-order valence-electron chi connectivity index (χ2n) is 9.19. The Hall–Kier alpha value is -1.95. The molecule has 0 aromatic heterocycles. The van der Waals surface area contributed by atoms with Crippen molar-refractivity contribution in [1.82, 2.24) is 4.90 Å². The van der Waals surface area contributed by atoms with Gasteiger partial charge in [0.05, 0.1) is 18.1 Å². The Morgan fingerprint density at radius 2 is 1.97 bits per heavy atom. The van der Waals surface area contributed by atoms with Crippen molar-refractivity contribution in [3.8, 4) is 5.75 Å². The quantitative estimate of drug-likeness (QED) is 0.606. The molecule has 0 N–H and O–H groups in total. The summed E-state index contributed by atoms with van der Waals surface area (Å²) in [7, 11) is 0. The Labute approximate surface area is 183 Å². The number of esters is 1. The Morgan fingerprint density at radius 3 is 2.63 bits per heavy atom. The average molecular weight is 438 g/mol. The first-order chi connectivity index (χ1) is 14.1. The number of halogens is 1. The summed E-state index contributed by atoms with van der Waals surface area (Å²) in [5.74, 6) is 0.818. The van der Waals surface area contributed by atoms with Crippen LogP contribution in [0.5, 0.6) is 5.75 Å². The van der Waals surface area contributed by atoms with Gasteiger partial charge in [0, 0.05) is 19.0 Å². The van der Waals surface area contributed by atoms with Crippen molar-refractivity contribution < 1.29 is 23.8 Å². The third-order valence-corrected chi connectivity index (χ3v) is 5.80. The molecule has 2 fully saturated rings. The van der Waals surface area contributed by atoms with Gasteiger partial charge >= 0.3 is 12.1 Å². The summed E-state index contributed by atoms with van der Waals surface area (Å²) in [6, 6.07) is 5.53. The molecule has 1 aromatic carbocycles. The highest BCUT2D eigenvalue weighted by Crippen LogP contribution is 2.37. The molecule has 7 heteroatoms. The molecule has 2 bridgehead atoms. The molecule has 3 atom stereocenters. The maximum atomic E-state index is 12.6. The number of fused-ring (bicyclic) bond motifs is 2. The highest BCUT2D eigenvalue weighted by Gasteiger charge is 2.41. The number of rotatable bonds is 5. The van der Waals surface area contributed by atoms with E-state index in [2.05, 4.69) is 0 Å². The zero-order valence-corrected chi connectivity index (χ0v) is 19.0. The second kappa shape index (κ2) is 9.46. The molecule has 0 radical (unpaired) electrons. The minimum atomic E-state index is -0.501. The molecular formula is C23H32ClNO5. The maximum absolute atomic E-state index is 12.6. The van der Waals surface area contributed by atoms with E-state index in [9.17, 15) is 9.59 Å². The lowest BCUT2D eigenvalue weighted by molar-refractivity contribution is -0.142. The Balaban J connectivity index is 1.62. The number of benzene rings is 1. The van der Waals surface area contributed by atoms with Gasteiger partial charge in [-0.05, 0) is 70.6 Å². The third kappa shape index (κ3) is 6.03. The van der Waals surface area contributed by atoms with Crippen LogP contribution in [-0.4, -0.2) is 47.9 Å². The fourth-order valence-electron chi connectivity index (χ4n) is 4.25. The van der Waals surface area contributed by atoms with Crippen molar-refractivity contribution >= 4 is 23.7 Å². The smallest absolute Gasteiger partial charge is 0.410 e. The number of ether oxygens (including phenoxy) is 3. The lowest BCUT2D eigenvalue weighted by Crippen LogP contribution is -2.42. The van der Waals surface area contributed by atoms with Crippen LogP contribution in [0.3, 0.4) is 0 Å². The number of carbonyl (C=O) groups is 2. The fraction of sp³-hybridized carbons (Fsp3) is 0.652. The average Bonchev–Trinajstić information content (AvgIpc) is 2.91. The van der Waals surface area contributed by atoms with Crippen LogP contribution in [0.15, 0.2) is 18.2 Å². The molecule has 1 saturated heterocycles. The summed E-state index contributed by atoms with van der Waals surface area (Å²) in [4.78, 5) is 26.2. The number of hydrogen-bond donors (Lipinski definition) is 0. The Bertz CT molecular complexity index is 775. The fourth-order valence-corrected chi connectivity index (χ4v) is 4.50. The first-order valence-electron chi connectivity index (χ1n) is 10.7. The van der Waals surface area contributed by atoms with Gasteiger partial charge in [0.2, 0.25) is 0 Å². The van der Waals surface area contributed by atoms with Crippen molar-refractivity contribution in [2.24, 2.45) is 5.92 Å². The van der Waals surface area contributed by atoms with Gasteiger partial charge in [0.25, 0.3) is 0 Å². The van der Waals surface area contributed by atoms with E-state index in [4.69, 9.17) is 25.8 Å². The topological polar surface area (TPSA) is 65.1 Å². The van der Waals surface area contributed by atoms with Crippen molar-refractivity contribution in [2.75, 3.05) is 13.2 Å². The highest BCUT2D eigenvalue weighted by molar-refractivity contribution is 6.32. The summed E-state index contributed by atoms with van der Waals surface area (Å²) in [5.41, 5.74) is 0.292. The van der Waals surface area contributed by atoms with Crippen LogP contribution in [0, 0.1) is 5.92 Å². The summed E-state index contributed by atoms with van der Waals surface area (Å²) >= 11 is 6.42. The number of nitrogens with zero attached hydrogens (tertiary/aromatic N) is 1. The van der Waals surface area contributed by atoms with Crippen LogP contribution in [0.1, 0.15) is 58.9 Å². The minimum absolute atomic E-state index is 0.0151. The van der Waals surface area contributed by atoms with Crippen molar-refractivity contribution in [2.45, 2.75) is 77.5 Å². The van der Waals surface area contributed by atoms with Crippen molar-refractivity contribution in [3.63, 3.8) is 0 Å². The summed E-state index contributed by atoms with van der Waals surface area (Å²) in [6.07, 6.45) is 3.63. The van der Waals surface area contributed by atoms with Gasteiger partial charge in [-0.3, -0.25) is 4.79 Å². The van der Waals surface area contributed by atoms with E-state index in [-0.39, 0.29) is 30.6 Å². The third-order valence-electron chi connectivity index (χ3n) is 5.50. The van der Waals surface area contributed by atoms with E-state index >= 15 is 0 Å². The molecule has 1 aromatic rings. The van der Waals surface area contributed by atoms with E-state index in [0.717, 1.165) is 37.8 Å². The number of carbonyl (C=O) groups excluding carboxylic acids is 2. The van der Waals surface area contributed by atoms with Gasteiger partial charge in [-0.1, -0.05) is 17.7 Å². The lowest BCUT2D eigenvalue weighted by atomic mass is 10.0. The van der Waals surface area contributed by atoms with Gasteiger partial charge in [-0.25, -0.2) is 4.79 Å². The van der Waals surface area contributed by atoms with Gasteiger partial charge in [-0.2, -0.15) is 0 Å². The van der Waals surface area contributed by atoms with E-state index in [1.165, 1.54) is 0 Å². The zero-order valence-electron chi connectivity index (χ0n) is 18.3. The summed E-state index contributed by atoms with van der Waals surface area (Å²) in [6.45, 7) is 8.56. The molecule has 6 nitrogen and oxygen atoms in total. The normalized spacial score (nSPS) is 23.6. The molecule has 2 aliphatic rings. The predicted molar refractivity (Wildman–Crippen MR) is 115 cm³/mol. The maximum Gasteiger partial charge on any atom is 0.410 e. The van der Waals surface area contributed by atoms with E-state index in [1.54, 1.807) is 13.0 Å². The Kier molecular flexibility index (Phi) is 7.17. The zero-order chi connectivity index (χ0) is 21.9. The lowest BCUT2D eigenvalue weighted by Gasteiger charge is -2.31. The number of hydrogen-bond acceptors (Lipinski definition) is 5. The molecule has 1 aliphatic carbocycles. The number of amides is 1. The van der Waals surface area contributed by atoms with Gasteiger partial charge in [0.1, 0.15) is 17.5 Å². The molecule has 0 spiro atoms. The van der Waals surface area contributed by atoms with Crippen LogP contribution in [-0.2, 0) is 20.7 Å². The van der Waals surface area contributed by atoms with Crippen LogP contribution >= 0.6 is 11.6 Å². The van der Waals surface area contributed by atoms with Gasteiger partial charge in [0.15, 0.2) is 0 Å². The first-order valence-corrected chi connectivity index (χ1v) is 11.1. The van der Waals surface area contributed by atoms with Crippen LogP contribution in [0.25, 0.3) is 0 Å². The van der Waals surface area contributed by atoms with Crippen LogP contribution in [0.4, 0.5) is 4.79 Å².